The van der Waals surface area contributed by atoms with Crippen molar-refractivity contribution >= 4 is 17.7 Å². The predicted molar refractivity (Wildman–Crippen MR) is 64.9 cm³/mol. The second-order valence-electron chi connectivity index (χ2n) is 3.82. The molecule has 2 N–H and O–H groups in total. The highest BCUT2D eigenvalue weighted by molar-refractivity contribution is 7.99. The van der Waals surface area contributed by atoms with E-state index in [1.54, 1.807) is 11.8 Å². The number of carbonyl (C=O) groups is 1. The molecule has 1 unspecified atom stereocenters. The molecule has 19 heavy (non-hydrogen) atoms. The summed E-state index contributed by atoms with van der Waals surface area (Å²) in [5, 5.41) is 12.8. The van der Waals surface area contributed by atoms with E-state index >= 15 is 0 Å². The van der Waals surface area contributed by atoms with Crippen molar-refractivity contribution in [1.82, 2.24) is 20.1 Å². The smallest absolute Gasteiger partial charge is 0.356 e. The lowest BCUT2D eigenvalue weighted by Crippen LogP contribution is -2.16. The molecule has 1 saturated heterocycles. The summed E-state index contributed by atoms with van der Waals surface area (Å²) in [6.07, 6.45) is 1.06. The van der Waals surface area contributed by atoms with E-state index in [2.05, 4.69) is 20.1 Å². The number of imidazole rings is 1. The lowest BCUT2D eigenvalue weighted by molar-refractivity contribution is 0.0676. The maximum Gasteiger partial charge on any atom is 0.356 e. The van der Waals surface area contributed by atoms with E-state index in [0.717, 1.165) is 11.5 Å². The molecule has 0 saturated carbocycles. The van der Waals surface area contributed by atoms with Gasteiger partial charge in [-0.25, -0.2) is 9.78 Å². The minimum absolute atomic E-state index is 0.101. The molecule has 1 fully saturated rings. The number of ether oxygens (including phenoxy) is 1. The summed E-state index contributed by atoms with van der Waals surface area (Å²) >= 11 is 1.75. The molecule has 0 aliphatic carbocycles. The molecule has 1 aliphatic heterocycles. The number of aromatic carboxylic acids is 1. The van der Waals surface area contributed by atoms with Gasteiger partial charge in [0, 0.05) is 11.5 Å². The first-order chi connectivity index (χ1) is 9.25. The molecule has 0 aromatic carbocycles. The third kappa shape index (κ3) is 2.34. The van der Waals surface area contributed by atoms with Gasteiger partial charge in [0.1, 0.15) is 11.8 Å². The Hall–Kier alpha value is -1.87. The number of nitrogens with zero attached hydrogens (tertiary/aromatic N) is 3. The highest BCUT2D eigenvalue weighted by Gasteiger charge is 2.25. The van der Waals surface area contributed by atoms with Gasteiger partial charge in [-0.1, -0.05) is 5.16 Å². The van der Waals surface area contributed by atoms with E-state index in [9.17, 15) is 4.79 Å². The minimum Gasteiger partial charge on any atom is -0.476 e. The Morgan fingerprint density at radius 1 is 1.58 bits per heavy atom. The van der Waals surface area contributed by atoms with E-state index in [4.69, 9.17) is 14.4 Å². The summed E-state index contributed by atoms with van der Waals surface area (Å²) in [5.41, 5.74) is 0.0591. The number of rotatable bonds is 3. The van der Waals surface area contributed by atoms with Crippen LogP contribution in [0.15, 0.2) is 10.9 Å². The third-order valence-electron chi connectivity index (χ3n) is 2.60. The SMILES string of the molecule is O=C(O)c1nc[nH]c1-c1nc(C2CSCCO2)no1. The van der Waals surface area contributed by atoms with Gasteiger partial charge < -0.3 is 19.4 Å². The van der Waals surface area contributed by atoms with Crippen LogP contribution in [0.1, 0.15) is 22.4 Å². The Balaban J connectivity index is 1.88. The standard InChI is InChI=1S/C10H10N4O4S/c15-10(16)7-6(11-4-12-7)9-13-8(14-18-9)5-3-19-2-1-17-5/h4-5H,1-3H2,(H,11,12)(H,15,16). The molecule has 100 valence electrons. The van der Waals surface area contributed by atoms with Crippen LogP contribution in [-0.2, 0) is 4.74 Å². The molecule has 0 spiro atoms. The number of carboxylic acids is 1. The predicted octanol–water partition coefficient (Wildman–Crippen LogP) is 0.962. The fraction of sp³-hybridized carbons (Fsp3) is 0.400. The number of aromatic nitrogens is 4. The quantitative estimate of drug-likeness (QED) is 0.855. The fourth-order valence-corrected chi connectivity index (χ4v) is 2.56. The van der Waals surface area contributed by atoms with Crippen LogP contribution in [0.3, 0.4) is 0 Å². The first-order valence-electron chi connectivity index (χ1n) is 5.55. The first-order valence-corrected chi connectivity index (χ1v) is 6.71. The van der Waals surface area contributed by atoms with Gasteiger partial charge in [0.15, 0.2) is 5.69 Å². The van der Waals surface area contributed by atoms with Crippen molar-refractivity contribution < 1.29 is 19.2 Å². The average molecular weight is 282 g/mol. The highest BCUT2D eigenvalue weighted by atomic mass is 32.2. The van der Waals surface area contributed by atoms with Crippen molar-refractivity contribution in [2.75, 3.05) is 18.1 Å². The van der Waals surface area contributed by atoms with Crippen molar-refractivity contribution in [3.63, 3.8) is 0 Å². The summed E-state index contributed by atoms with van der Waals surface area (Å²) in [6, 6.07) is 0. The van der Waals surface area contributed by atoms with E-state index < -0.39 is 5.97 Å². The molecule has 2 aromatic rings. The number of hydrogen-bond donors (Lipinski definition) is 2. The van der Waals surface area contributed by atoms with Crippen LogP contribution >= 0.6 is 11.8 Å². The van der Waals surface area contributed by atoms with Crippen molar-refractivity contribution in [1.29, 1.82) is 0 Å². The van der Waals surface area contributed by atoms with Gasteiger partial charge in [-0.2, -0.15) is 16.7 Å². The molecule has 0 radical (unpaired) electrons. The lowest BCUT2D eigenvalue weighted by Gasteiger charge is -2.18. The molecule has 0 bridgehead atoms. The van der Waals surface area contributed by atoms with Crippen molar-refractivity contribution in [2.24, 2.45) is 0 Å². The summed E-state index contributed by atoms with van der Waals surface area (Å²) in [5.74, 6) is 1.08. The van der Waals surface area contributed by atoms with Crippen LogP contribution in [0.4, 0.5) is 0 Å². The van der Waals surface area contributed by atoms with Crippen LogP contribution in [0.5, 0.6) is 0 Å². The van der Waals surface area contributed by atoms with E-state index in [-0.39, 0.29) is 23.4 Å². The van der Waals surface area contributed by atoms with Crippen LogP contribution in [0.2, 0.25) is 0 Å². The number of nitrogens with one attached hydrogen (secondary N) is 1. The third-order valence-corrected chi connectivity index (χ3v) is 3.60. The normalized spacial score (nSPS) is 19.5. The minimum atomic E-state index is -1.15. The number of H-pyrrole nitrogens is 1. The average Bonchev–Trinajstić information content (AvgIpc) is 3.08. The monoisotopic (exact) mass is 282 g/mol. The van der Waals surface area contributed by atoms with Gasteiger partial charge >= 0.3 is 5.97 Å². The molecule has 2 aromatic heterocycles. The topological polar surface area (TPSA) is 114 Å². The molecule has 0 amide bonds. The molecule has 3 heterocycles. The molecule has 8 nitrogen and oxygen atoms in total. The van der Waals surface area contributed by atoms with Crippen LogP contribution < -0.4 is 0 Å². The molecule has 3 rings (SSSR count). The Morgan fingerprint density at radius 3 is 3.21 bits per heavy atom. The largest absolute Gasteiger partial charge is 0.476 e. The molecular weight excluding hydrogens is 272 g/mol. The van der Waals surface area contributed by atoms with E-state index in [1.807, 2.05) is 0 Å². The number of thioether (sulfide) groups is 1. The summed E-state index contributed by atoms with van der Waals surface area (Å²) < 4.78 is 10.6. The van der Waals surface area contributed by atoms with Gasteiger partial charge in [-0.05, 0) is 0 Å². The van der Waals surface area contributed by atoms with Gasteiger partial charge in [0.25, 0.3) is 5.89 Å². The summed E-state index contributed by atoms with van der Waals surface area (Å²) in [7, 11) is 0. The maximum absolute atomic E-state index is 11.0. The van der Waals surface area contributed by atoms with Gasteiger partial charge in [-0.3, -0.25) is 0 Å². The van der Waals surface area contributed by atoms with Gasteiger partial charge in [0.2, 0.25) is 5.82 Å². The van der Waals surface area contributed by atoms with E-state index in [0.29, 0.717) is 12.4 Å². The Morgan fingerprint density at radius 2 is 2.47 bits per heavy atom. The summed E-state index contributed by atoms with van der Waals surface area (Å²) in [6.45, 7) is 0.643. The molecule has 1 aliphatic rings. The Bertz CT molecular complexity index is 590. The second-order valence-corrected chi connectivity index (χ2v) is 4.97. The van der Waals surface area contributed by atoms with E-state index in [1.165, 1.54) is 6.33 Å². The number of hydrogen-bond acceptors (Lipinski definition) is 7. The highest BCUT2D eigenvalue weighted by Crippen LogP contribution is 2.26. The van der Waals surface area contributed by atoms with Crippen molar-refractivity contribution in [2.45, 2.75) is 6.10 Å². The van der Waals surface area contributed by atoms with Crippen molar-refractivity contribution in [3.8, 4) is 11.6 Å². The number of aromatic amines is 1. The second kappa shape index (κ2) is 5.02. The zero-order valence-electron chi connectivity index (χ0n) is 9.70. The maximum atomic E-state index is 11.0. The summed E-state index contributed by atoms with van der Waals surface area (Å²) in [4.78, 5) is 21.5. The zero-order chi connectivity index (χ0) is 13.2. The van der Waals surface area contributed by atoms with Crippen LogP contribution in [0.25, 0.3) is 11.6 Å². The van der Waals surface area contributed by atoms with Crippen molar-refractivity contribution in [3.05, 3.63) is 17.8 Å². The zero-order valence-corrected chi connectivity index (χ0v) is 10.5. The lowest BCUT2D eigenvalue weighted by atomic mass is 10.3. The van der Waals surface area contributed by atoms with Gasteiger partial charge in [-0.15, -0.1) is 0 Å². The van der Waals surface area contributed by atoms with Crippen LogP contribution in [-0.4, -0.2) is 49.3 Å². The molecular formula is C10H10N4O4S. The molecule has 9 heteroatoms. The molecule has 1 atom stereocenters. The first kappa shape index (κ1) is 12.2. The van der Waals surface area contributed by atoms with Crippen LogP contribution in [0, 0.1) is 0 Å². The number of carboxylic acid groups (broad SMARTS) is 1. The fourth-order valence-electron chi connectivity index (χ4n) is 1.72. The van der Waals surface area contributed by atoms with Gasteiger partial charge in [0.05, 0.1) is 12.9 Å². The Kier molecular flexibility index (Phi) is 3.22. The Labute approximate surface area is 111 Å².